The fraction of sp³-hybridized carbons (Fsp3) is 0.214. The molecule has 5 atom stereocenters. The van der Waals surface area contributed by atoms with E-state index < -0.39 is 5.79 Å². The molecular formula is C28H21N2O3+. The highest BCUT2D eigenvalue weighted by Gasteiger charge is 2.75. The molecule has 4 aliphatic rings. The highest BCUT2D eigenvalue weighted by molar-refractivity contribution is 6.15. The number of ether oxygens (including phenoxy) is 2. The van der Waals surface area contributed by atoms with Gasteiger partial charge in [-0.15, -0.1) is 0 Å². The summed E-state index contributed by atoms with van der Waals surface area (Å²) in [5.41, 5.74) is 4.44. The smallest absolute Gasteiger partial charge is 0.281 e. The van der Waals surface area contributed by atoms with Crippen LogP contribution in [0.25, 0.3) is 21.5 Å². The molecule has 0 bridgehead atoms. The number of aliphatic imine (C=N–C) groups is 1. The third-order valence-electron chi connectivity index (χ3n) is 7.91. The Bertz CT molecular complexity index is 1590. The summed E-state index contributed by atoms with van der Waals surface area (Å²) in [5, 5.41) is 15.9. The maximum atomic E-state index is 11.3. The zero-order valence-electron chi connectivity index (χ0n) is 18.0. The molecule has 33 heavy (non-hydrogen) atoms. The van der Waals surface area contributed by atoms with E-state index in [9.17, 15) is 5.11 Å². The van der Waals surface area contributed by atoms with Gasteiger partial charge in [0, 0.05) is 23.6 Å². The van der Waals surface area contributed by atoms with Crippen molar-refractivity contribution in [3.05, 3.63) is 89.5 Å². The molecule has 160 valence electrons. The minimum absolute atomic E-state index is 0.117. The highest BCUT2D eigenvalue weighted by Crippen LogP contribution is 2.59. The molecule has 1 N–H and O–H groups in total. The zero-order valence-corrected chi connectivity index (χ0v) is 18.0. The van der Waals surface area contributed by atoms with E-state index in [1.807, 2.05) is 18.5 Å². The number of fused-ring (bicyclic) bond motifs is 13. The van der Waals surface area contributed by atoms with E-state index in [-0.39, 0.29) is 24.1 Å². The van der Waals surface area contributed by atoms with Crippen molar-refractivity contribution in [1.82, 2.24) is 0 Å². The average molecular weight is 433 g/mol. The molecule has 1 saturated carbocycles. The summed E-state index contributed by atoms with van der Waals surface area (Å²) in [4.78, 5) is 4.94. The first kappa shape index (κ1) is 18.0. The lowest BCUT2D eigenvalue weighted by Gasteiger charge is -2.26. The molecule has 0 amide bonds. The Hall–Kier alpha value is -3.54. The first-order valence-corrected chi connectivity index (χ1v) is 11.4. The van der Waals surface area contributed by atoms with Crippen LogP contribution in [0, 0.1) is 0 Å². The average Bonchev–Trinajstić information content (AvgIpc) is 3.31. The molecular weight excluding hydrogens is 412 g/mol. The van der Waals surface area contributed by atoms with Gasteiger partial charge in [0.05, 0.1) is 5.92 Å². The molecule has 5 nitrogen and oxygen atoms in total. The lowest BCUT2D eigenvalue weighted by molar-refractivity contribution is -0.444. The topological polar surface area (TPSA) is 54.1 Å². The van der Waals surface area contributed by atoms with E-state index >= 15 is 0 Å². The van der Waals surface area contributed by atoms with E-state index in [1.54, 1.807) is 7.11 Å². The minimum Gasteiger partial charge on any atom is -0.476 e. The van der Waals surface area contributed by atoms with Gasteiger partial charge >= 0.3 is 0 Å². The SMILES string of the molecule is COC1(O)C2c3ccc4ccccc4c3C3=[N+](C=NC4c5ccc6ccccc6c5OC34)C21. The van der Waals surface area contributed by atoms with E-state index in [0.717, 1.165) is 44.3 Å². The van der Waals surface area contributed by atoms with Crippen LogP contribution in [0.1, 0.15) is 28.7 Å². The Balaban J connectivity index is 1.41. The van der Waals surface area contributed by atoms with Gasteiger partial charge in [0.2, 0.25) is 17.9 Å². The summed E-state index contributed by atoms with van der Waals surface area (Å²) >= 11 is 0. The number of nitrogens with zero attached hydrogens (tertiary/aromatic N) is 2. The van der Waals surface area contributed by atoms with Gasteiger partial charge in [-0.3, -0.25) is 0 Å². The molecule has 3 heterocycles. The Morgan fingerprint density at radius 3 is 2.39 bits per heavy atom. The first-order valence-electron chi connectivity index (χ1n) is 11.4. The number of methoxy groups -OCH3 is 1. The van der Waals surface area contributed by atoms with Crippen molar-refractivity contribution in [2.75, 3.05) is 7.11 Å². The third-order valence-corrected chi connectivity index (χ3v) is 7.91. The molecule has 0 aromatic heterocycles. The molecule has 5 heteroatoms. The fourth-order valence-corrected chi connectivity index (χ4v) is 6.36. The summed E-state index contributed by atoms with van der Waals surface area (Å²) in [6.45, 7) is 0. The summed E-state index contributed by atoms with van der Waals surface area (Å²) in [5.74, 6) is -0.453. The van der Waals surface area contributed by atoms with Crippen molar-refractivity contribution < 1.29 is 19.2 Å². The van der Waals surface area contributed by atoms with Gasteiger partial charge in [0.25, 0.3) is 6.34 Å². The van der Waals surface area contributed by atoms with Crippen LogP contribution >= 0.6 is 0 Å². The first-order chi connectivity index (χ1) is 16.2. The van der Waals surface area contributed by atoms with Crippen molar-refractivity contribution >= 4 is 33.6 Å². The van der Waals surface area contributed by atoms with Crippen LogP contribution in [-0.4, -0.2) is 46.8 Å². The second-order valence-corrected chi connectivity index (χ2v) is 9.37. The molecule has 0 spiro atoms. The summed E-state index contributed by atoms with van der Waals surface area (Å²) in [6, 6.07) is 25.0. The third kappa shape index (κ3) is 2.06. The van der Waals surface area contributed by atoms with Gasteiger partial charge in [-0.05, 0) is 21.7 Å². The summed E-state index contributed by atoms with van der Waals surface area (Å²) < 4.78 is 14.5. The maximum absolute atomic E-state index is 11.3. The Labute approximate surface area is 190 Å². The Morgan fingerprint density at radius 1 is 0.909 bits per heavy atom. The minimum atomic E-state index is -1.24. The van der Waals surface area contributed by atoms with Crippen LogP contribution in [-0.2, 0) is 4.74 Å². The molecule has 1 fully saturated rings. The summed E-state index contributed by atoms with van der Waals surface area (Å²) in [6.07, 6.45) is 1.63. The maximum Gasteiger partial charge on any atom is 0.281 e. The van der Waals surface area contributed by atoms with Crippen LogP contribution in [0.3, 0.4) is 0 Å². The lowest BCUT2D eigenvalue weighted by Crippen LogP contribution is -2.44. The second-order valence-electron chi connectivity index (χ2n) is 9.37. The molecule has 4 aromatic rings. The molecule has 8 rings (SSSR count). The van der Waals surface area contributed by atoms with Crippen molar-refractivity contribution in [2.24, 2.45) is 4.99 Å². The van der Waals surface area contributed by atoms with Gasteiger partial charge in [-0.2, -0.15) is 0 Å². The predicted molar refractivity (Wildman–Crippen MR) is 126 cm³/mol. The van der Waals surface area contributed by atoms with Crippen molar-refractivity contribution in [3.63, 3.8) is 0 Å². The van der Waals surface area contributed by atoms with E-state index in [2.05, 4.69) is 65.2 Å². The van der Waals surface area contributed by atoms with E-state index in [4.69, 9.17) is 14.5 Å². The lowest BCUT2D eigenvalue weighted by atomic mass is 9.85. The second kappa shape index (κ2) is 5.87. The molecule has 0 radical (unpaired) electrons. The summed E-state index contributed by atoms with van der Waals surface area (Å²) in [7, 11) is 1.58. The van der Waals surface area contributed by atoms with Crippen LogP contribution < -0.4 is 4.74 Å². The molecule has 3 aliphatic heterocycles. The number of rotatable bonds is 1. The zero-order chi connectivity index (χ0) is 21.9. The van der Waals surface area contributed by atoms with Crippen LogP contribution in [0.2, 0.25) is 0 Å². The largest absolute Gasteiger partial charge is 0.476 e. The van der Waals surface area contributed by atoms with E-state index in [0.29, 0.717) is 0 Å². The molecule has 5 unspecified atom stereocenters. The number of aliphatic hydroxyl groups is 1. The van der Waals surface area contributed by atoms with Gasteiger partial charge in [-0.1, -0.05) is 77.8 Å². The quantitative estimate of drug-likeness (QED) is 0.362. The number of hydrogen-bond acceptors (Lipinski definition) is 4. The van der Waals surface area contributed by atoms with Gasteiger partial charge in [-0.25, -0.2) is 4.58 Å². The van der Waals surface area contributed by atoms with Crippen molar-refractivity contribution in [3.8, 4) is 5.75 Å². The highest BCUT2D eigenvalue weighted by atomic mass is 16.6. The number of hydrogen-bond donors (Lipinski definition) is 1. The van der Waals surface area contributed by atoms with Gasteiger partial charge in [0.15, 0.2) is 11.8 Å². The van der Waals surface area contributed by atoms with Gasteiger partial charge in [0.1, 0.15) is 5.75 Å². The van der Waals surface area contributed by atoms with E-state index in [1.165, 1.54) is 5.39 Å². The fourth-order valence-electron chi connectivity index (χ4n) is 6.36. The van der Waals surface area contributed by atoms with Crippen LogP contribution in [0.5, 0.6) is 5.75 Å². The Morgan fingerprint density at radius 2 is 1.61 bits per heavy atom. The predicted octanol–water partition coefficient (Wildman–Crippen LogP) is 4.15. The van der Waals surface area contributed by atoms with Crippen LogP contribution in [0.4, 0.5) is 0 Å². The van der Waals surface area contributed by atoms with Gasteiger partial charge < -0.3 is 14.6 Å². The monoisotopic (exact) mass is 433 g/mol. The molecule has 0 saturated heterocycles. The molecule has 4 aromatic carbocycles. The molecule has 1 aliphatic carbocycles. The Kier molecular flexibility index (Phi) is 3.19. The number of benzene rings is 4. The standard InChI is InChI=1S/C28H21N2O3/c1-32-28(31)22-19-12-10-15-6-2-4-8-17(15)21(19)24-26-23(29-14-30(24)27(22)28)20-13-11-16-7-3-5-9-18(16)25(20)33-26/h2-14,22-23,26-27,31H,1H3/q+1. The van der Waals surface area contributed by atoms with Crippen LogP contribution in [0.15, 0.2) is 77.8 Å². The normalized spacial score (nSPS) is 30.4. The van der Waals surface area contributed by atoms with Crippen molar-refractivity contribution in [1.29, 1.82) is 0 Å². The van der Waals surface area contributed by atoms with Crippen molar-refractivity contribution in [2.45, 2.75) is 29.9 Å².